The maximum absolute atomic E-state index is 12.8. The summed E-state index contributed by atoms with van der Waals surface area (Å²) >= 11 is 3.60. The topological polar surface area (TPSA) is 61.9 Å². The minimum absolute atomic E-state index is 0.0534. The van der Waals surface area contributed by atoms with Gasteiger partial charge in [-0.3, -0.25) is 14.7 Å². The van der Waals surface area contributed by atoms with E-state index in [0.717, 1.165) is 70.7 Å². The molecule has 1 aliphatic heterocycles. The van der Waals surface area contributed by atoms with Crippen LogP contribution in [0.15, 0.2) is 51.9 Å². The van der Waals surface area contributed by atoms with Gasteiger partial charge in [0.15, 0.2) is 0 Å². The second kappa shape index (κ2) is 9.05. The molecule has 2 aromatic heterocycles. The standard InChI is InChI=1S/C25H27BrN4O/c26-21-9-5-4-8-19(21)22-11-10-17(14-27-22)15-30-13-12-23-20(16-30)25(31)29-24(28-23)18-6-2-1-3-7-18/h4-5,8-11,14,18H,1-3,6-7,12-13,15-16H2,(H,28,29,31). The van der Waals surface area contributed by atoms with E-state index >= 15 is 0 Å². The lowest BCUT2D eigenvalue weighted by Crippen LogP contribution is -2.36. The Morgan fingerprint density at radius 1 is 1.10 bits per heavy atom. The second-order valence-corrected chi connectivity index (χ2v) is 9.56. The molecular formula is C25H27BrN4O. The van der Waals surface area contributed by atoms with Gasteiger partial charge in [0, 0.05) is 48.2 Å². The van der Waals surface area contributed by atoms with E-state index in [0.29, 0.717) is 12.5 Å². The summed E-state index contributed by atoms with van der Waals surface area (Å²) in [4.78, 5) is 27.8. The van der Waals surface area contributed by atoms with E-state index in [4.69, 9.17) is 4.98 Å². The van der Waals surface area contributed by atoms with Crippen molar-refractivity contribution in [3.05, 3.63) is 80.1 Å². The molecule has 5 nitrogen and oxygen atoms in total. The molecule has 0 atom stereocenters. The number of rotatable bonds is 4. The van der Waals surface area contributed by atoms with E-state index in [2.05, 4.69) is 49.0 Å². The minimum Gasteiger partial charge on any atom is -0.310 e. The van der Waals surface area contributed by atoms with Gasteiger partial charge in [0.2, 0.25) is 0 Å². The summed E-state index contributed by atoms with van der Waals surface area (Å²) in [6, 6.07) is 12.3. The highest BCUT2D eigenvalue weighted by Gasteiger charge is 2.24. The third-order valence-corrected chi connectivity index (χ3v) is 7.23. The van der Waals surface area contributed by atoms with Gasteiger partial charge in [0.1, 0.15) is 5.82 Å². The Hall–Kier alpha value is -2.31. The smallest absolute Gasteiger partial charge is 0.255 e. The van der Waals surface area contributed by atoms with Gasteiger partial charge >= 0.3 is 0 Å². The number of hydrogen-bond acceptors (Lipinski definition) is 4. The monoisotopic (exact) mass is 478 g/mol. The highest BCUT2D eigenvalue weighted by atomic mass is 79.9. The number of halogens is 1. The Balaban J connectivity index is 1.29. The molecular weight excluding hydrogens is 452 g/mol. The van der Waals surface area contributed by atoms with E-state index in [1.807, 2.05) is 24.4 Å². The summed E-state index contributed by atoms with van der Waals surface area (Å²) in [7, 11) is 0. The first-order valence-corrected chi connectivity index (χ1v) is 12.0. The second-order valence-electron chi connectivity index (χ2n) is 8.70. The molecule has 3 aromatic rings. The van der Waals surface area contributed by atoms with E-state index in [1.165, 1.54) is 19.3 Å². The van der Waals surface area contributed by atoms with Crippen molar-refractivity contribution in [1.29, 1.82) is 0 Å². The fourth-order valence-corrected chi connectivity index (χ4v) is 5.30. The average molecular weight is 479 g/mol. The molecule has 1 saturated carbocycles. The molecule has 0 saturated heterocycles. The molecule has 5 rings (SSSR count). The van der Waals surface area contributed by atoms with Crippen LogP contribution < -0.4 is 5.56 Å². The SMILES string of the molecule is O=c1[nH]c(C2CCCCC2)nc2c1CN(Cc1ccc(-c3ccccc3Br)nc1)CC2. The van der Waals surface area contributed by atoms with Crippen LogP contribution in [0.4, 0.5) is 0 Å². The normalized spacial score (nSPS) is 17.5. The number of fused-ring (bicyclic) bond motifs is 1. The maximum atomic E-state index is 12.8. The van der Waals surface area contributed by atoms with E-state index < -0.39 is 0 Å². The zero-order valence-corrected chi connectivity index (χ0v) is 19.2. The molecule has 2 aliphatic rings. The van der Waals surface area contributed by atoms with Gasteiger partial charge in [-0.15, -0.1) is 0 Å². The van der Waals surface area contributed by atoms with E-state index in [1.54, 1.807) is 0 Å². The molecule has 3 heterocycles. The van der Waals surface area contributed by atoms with Gasteiger partial charge in [-0.25, -0.2) is 4.98 Å². The van der Waals surface area contributed by atoms with Gasteiger partial charge < -0.3 is 4.98 Å². The molecule has 1 aliphatic carbocycles. The Labute approximate surface area is 191 Å². The first-order chi connectivity index (χ1) is 15.2. The molecule has 0 spiro atoms. The molecule has 6 heteroatoms. The van der Waals surface area contributed by atoms with Crippen molar-refractivity contribution in [3.8, 4) is 11.3 Å². The van der Waals surface area contributed by atoms with Crippen molar-refractivity contribution in [2.24, 2.45) is 0 Å². The quantitative estimate of drug-likeness (QED) is 0.559. The average Bonchev–Trinajstić information content (AvgIpc) is 2.81. The minimum atomic E-state index is 0.0534. The van der Waals surface area contributed by atoms with Crippen molar-refractivity contribution >= 4 is 15.9 Å². The third kappa shape index (κ3) is 4.51. The van der Waals surface area contributed by atoms with Crippen molar-refractivity contribution in [3.63, 3.8) is 0 Å². The molecule has 0 unspecified atom stereocenters. The number of aromatic nitrogens is 3. The predicted molar refractivity (Wildman–Crippen MR) is 126 cm³/mol. The summed E-state index contributed by atoms with van der Waals surface area (Å²) in [6.45, 7) is 2.35. The van der Waals surface area contributed by atoms with Gasteiger partial charge in [0.25, 0.3) is 5.56 Å². The van der Waals surface area contributed by atoms with E-state index in [-0.39, 0.29) is 5.56 Å². The lowest BCUT2D eigenvalue weighted by atomic mass is 9.88. The zero-order chi connectivity index (χ0) is 21.2. The van der Waals surface area contributed by atoms with Crippen molar-refractivity contribution < 1.29 is 0 Å². The van der Waals surface area contributed by atoms with Crippen LogP contribution in [0.5, 0.6) is 0 Å². The van der Waals surface area contributed by atoms with Gasteiger partial charge in [-0.05, 0) is 30.5 Å². The number of H-pyrrole nitrogens is 1. The molecule has 1 aromatic carbocycles. The van der Waals surface area contributed by atoms with Crippen molar-refractivity contribution in [2.75, 3.05) is 6.54 Å². The Kier molecular flexibility index (Phi) is 6.01. The highest BCUT2D eigenvalue weighted by molar-refractivity contribution is 9.10. The summed E-state index contributed by atoms with van der Waals surface area (Å²) in [5.41, 5.74) is 5.09. The molecule has 0 radical (unpaired) electrons. The highest BCUT2D eigenvalue weighted by Crippen LogP contribution is 2.31. The number of benzene rings is 1. The van der Waals surface area contributed by atoms with Crippen LogP contribution in [-0.2, 0) is 19.5 Å². The molecule has 1 fully saturated rings. The number of hydrogen-bond donors (Lipinski definition) is 1. The summed E-state index contributed by atoms with van der Waals surface area (Å²) in [5.74, 6) is 1.35. The number of nitrogens with one attached hydrogen (secondary N) is 1. The summed E-state index contributed by atoms with van der Waals surface area (Å²) in [5, 5.41) is 0. The fourth-order valence-electron chi connectivity index (χ4n) is 4.81. The fraction of sp³-hybridized carbons (Fsp3) is 0.400. The van der Waals surface area contributed by atoms with Gasteiger partial charge in [-0.1, -0.05) is 59.5 Å². The first-order valence-electron chi connectivity index (χ1n) is 11.2. The lowest BCUT2D eigenvalue weighted by molar-refractivity contribution is 0.240. The van der Waals surface area contributed by atoms with Gasteiger partial charge in [-0.2, -0.15) is 0 Å². The summed E-state index contributed by atoms with van der Waals surface area (Å²) in [6.07, 6.45) is 8.87. The molecule has 1 N–H and O–H groups in total. The Morgan fingerprint density at radius 2 is 1.94 bits per heavy atom. The van der Waals surface area contributed by atoms with Crippen molar-refractivity contribution in [1.82, 2.24) is 19.9 Å². The maximum Gasteiger partial charge on any atom is 0.255 e. The summed E-state index contributed by atoms with van der Waals surface area (Å²) < 4.78 is 1.04. The zero-order valence-electron chi connectivity index (χ0n) is 17.6. The van der Waals surface area contributed by atoms with Crippen molar-refractivity contribution in [2.45, 2.75) is 57.5 Å². The van der Waals surface area contributed by atoms with Crippen LogP contribution in [0.2, 0.25) is 0 Å². The first kappa shape index (κ1) is 20.6. The number of aromatic amines is 1. The Bertz CT molecular complexity index is 1120. The number of nitrogens with zero attached hydrogens (tertiary/aromatic N) is 3. The van der Waals surface area contributed by atoms with Gasteiger partial charge in [0.05, 0.1) is 17.0 Å². The van der Waals surface area contributed by atoms with Crippen LogP contribution in [0.1, 0.15) is 60.7 Å². The lowest BCUT2D eigenvalue weighted by Gasteiger charge is -2.28. The molecule has 31 heavy (non-hydrogen) atoms. The van der Waals surface area contributed by atoms with Crippen LogP contribution >= 0.6 is 15.9 Å². The molecule has 160 valence electrons. The van der Waals surface area contributed by atoms with Crippen LogP contribution in [0.3, 0.4) is 0 Å². The van der Waals surface area contributed by atoms with Crippen LogP contribution in [0, 0.1) is 0 Å². The third-order valence-electron chi connectivity index (χ3n) is 6.54. The Morgan fingerprint density at radius 3 is 2.71 bits per heavy atom. The molecule has 0 bridgehead atoms. The largest absolute Gasteiger partial charge is 0.310 e. The number of pyridine rings is 1. The predicted octanol–water partition coefficient (Wildman–Crippen LogP) is 5.20. The van der Waals surface area contributed by atoms with Crippen LogP contribution in [-0.4, -0.2) is 26.4 Å². The van der Waals surface area contributed by atoms with E-state index in [9.17, 15) is 4.79 Å². The van der Waals surface area contributed by atoms with Crippen LogP contribution in [0.25, 0.3) is 11.3 Å². The molecule has 0 amide bonds.